The highest BCUT2D eigenvalue weighted by molar-refractivity contribution is 5.72. The second kappa shape index (κ2) is 5.60. The van der Waals surface area contributed by atoms with E-state index in [2.05, 4.69) is 25.7 Å². The molecule has 1 saturated heterocycles. The van der Waals surface area contributed by atoms with E-state index in [9.17, 15) is 4.79 Å². The minimum atomic E-state index is -0.374. The van der Waals surface area contributed by atoms with E-state index in [1.807, 2.05) is 20.8 Å². The molecule has 18 heavy (non-hydrogen) atoms. The van der Waals surface area contributed by atoms with Crippen molar-refractivity contribution in [3.63, 3.8) is 0 Å². The van der Waals surface area contributed by atoms with Crippen molar-refractivity contribution >= 4 is 5.97 Å². The molecule has 1 aliphatic heterocycles. The van der Waals surface area contributed by atoms with E-state index >= 15 is 0 Å². The van der Waals surface area contributed by atoms with Crippen LogP contribution in [0.2, 0.25) is 0 Å². The first-order valence-corrected chi connectivity index (χ1v) is 7.02. The summed E-state index contributed by atoms with van der Waals surface area (Å²) >= 11 is 0. The number of likely N-dealkylation sites (tertiary alicyclic amines) is 1. The van der Waals surface area contributed by atoms with Crippen LogP contribution in [0.15, 0.2) is 0 Å². The average molecular weight is 255 g/mol. The number of esters is 1. The van der Waals surface area contributed by atoms with Crippen molar-refractivity contribution in [2.45, 2.75) is 60.0 Å². The first kappa shape index (κ1) is 15.5. The van der Waals surface area contributed by atoms with Gasteiger partial charge >= 0.3 is 5.97 Å². The lowest BCUT2D eigenvalue weighted by Gasteiger charge is -2.38. The zero-order chi connectivity index (χ0) is 14.0. The summed E-state index contributed by atoms with van der Waals surface area (Å²) in [6, 6.07) is 0. The summed E-state index contributed by atoms with van der Waals surface area (Å²) in [6.45, 7) is 15.1. The summed E-state index contributed by atoms with van der Waals surface area (Å²) in [6.07, 6.45) is 2.37. The largest absolute Gasteiger partial charge is 0.459 e. The van der Waals surface area contributed by atoms with Gasteiger partial charge in [-0.05, 0) is 58.0 Å². The Morgan fingerprint density at radius 3 is 2.00 bits per heavy atom. The number of carbonyl (C=O) groups excluding carboxylic acids is 1. The van der Waals surface area contributed by atoms with E-state index < -0.39 is 0 Å². The van der Waals surface area contributed by atoms with Gasteiger partial charge in [-0.25, -0.2) is 0 Å². The van der Waals surface area contributed by atoms with Gasteiger partial charge in [-0.3, -0.25) is 9.69 Å². The lowest BCUT2D eigenvalue weighted by atomic mass is 9.75. The highest BCUT2D eigenvalue weighted by atomic mass is 16.6. The van der Waals surface area contributed by atoms with Crippen LogP contribution in [0.3, 0.4) is 0 Å². The molecule has 0 aliphatic carbocycles. The summed E-state index contributed by atoms with van der Waals surface area (Å²) in [5, 5.41) is 0. The standard InChI is InChI=1S/C15H29NO2/c1-14(2,3)12-7-9-16(10-8-12)11-13(17)18-15(4,5)6/h12H,7-11H2,1-6H3. The molecule has 0 unspecified atom stereocenters. The van der Waals surface area contributed by atoms with Crippen LogP contribution in [0.5, 0.6) is 0 Å². The Balaban J connectivity index is 2.34. The molecular formula is C15H29NO2. The Hall–Kier alpha value is -0.570. The van der Waals surface area contributed by atoms with Gasteiger partial charge in [-0.1, -0.05) is 20.8 Å². The fourth-order valence-corrected chi connectivity index (χ4v) is 2.51. The first-order valence-electron chi connectivity index (χ1n) is 7.02. The topological polar surface area (TPSA) is 29.5 Å². The molecule has 1 heterocycles. The molecule has 0 radical (unpaired) electrons. The molecule has 106 valence electrons. The van der Waals surface area contributed by atoms with E-state index in [0.29, 0.717) is 12.0 Å². The van der Waals surface area contributed by atoms with Gasteiger partial charge in [0.1, 0.15) is 5.60 Å². The van der Waals surface area contributed by atoms with Gasteiger partial charge in [0.05, 0.1) is 6.54 Å². The first-order chi connectivity index (χ1) is 8.08. The van der Waals surface area contributed by atoms with Crippen LogP contribution in [-0.4, -0.2) is 36.1 Å². The summed E-state index contributed by atoms with van der Waals surface area (Å²) < 4.78 is 5.35. The Bertz CT molecular complexity index is 278. The van der Waals surface area contributed by atoms with Crippen molar-refractivity contribution in [3.05, 3.63) is 0 Å². The maximum Gasteiger partial charge on any atom is 0.320 e. The van der Waals surface area contributed by atoms with E-state index in [-0.39, 0.29) is 11.6 Å². The number of carbonyl (C=O) groups is 1. The molecule has 3 nitrogen and oxygen atoms in total. The highest BCUT2D eigenvalue weighted by Crippen LogP contribution is 2.34. The van der Waals surface area contributed by atoms with Crippen molar-refractivity contribution in [1.82, 2.24) is 4.90 Å². The van der Waals surface area contributed by atoms with Gasteiger partial charge in [0.2, 0.25) is 0 Å². The maximum absolute atomic E-state index is 11.7. The quantitative estimate of drug-likeness (QED) is 0.710. The Morgan fingerprint density at radius 2 is 1.61 bits per heavy atom. The molecule has 0 aromatic heterocycles. The van der Waals surface area contributed by atoms with Gasteiger partial charge in [-0.2, -0.15) is 0 Å². The summed E-state index contributed by atoms with van der Waals surface area (Å²) in [5.74, 6) is 0.670. The lowest BCUT2D eigenvalue weighted by Crippen LogP contribution is -2.42. The molecule has 0 saturated carbocycles. The molecule has 0 bridgehead atoms. The van der Waals surface area contributed by atoms with Crippen molar-refractivity contribution in [3.8, 4) is 0 Å². The zero-order valence-corrected chi connectivity index (χ0v) is 12.9. The molecule has 1 fully saturated rings. The van der Waals surface area contributed by atoms with Crippen LogP contribution in [-0.2, 0) is 9.53 Å². The van der Waals surface area contributed by atoms with Gasteiger partial charge < -0.3 is 4.74 Å². The van der Waals surface area contributed by atoms with Crippen molar-refractivity contribution < 1.29 is 9.53 Å². The van der Waals surface area contributed by atoms with Crippen molar-refractivity contribution in [2.75, 3.05) is 19.6 Å². The third-order valence-corrected chi connectivity index (χ3v) is 3.59. The molecule has 0 aromatic carbocycles. The molecule has 0 amide bonds. The second-order valence-corrected chi connectivity index (χ2v) is 7.50. The van der Waals surface area contributed by atoms with Gasteiger partial charge in [0.15, 0.2) is 0 Å². The number of hydrogen-bond acceptors (Lipinski definition) is 3. The van der Waals surface area contributed by atoms with Crippen LogP contribution in [0.1, 0.15) is 54.4 Å². The molecule has 1 rings (SSSR count). The average Bonchev–Trinajstić information content (AvgIpc) is 2.13. The van der Waals surface area contributed by atoms with Crippen LogP contribution in [0, 0.1) is 11.3 Å². The van der Waals surface area contributed by atoms with E-state index in [0.717, 1.165) is 19.0 Å². The molecule has 1 aliphatic rings. The van der Waals surface area contributed by atoms with Crippen LogP contribution in [0.4, 0.5) is 0 Å². The van der Waals surface area contributed by atoms with Gasteiger partial charge in [0.25, 0.3) is 0 Å². The lowest BCUT2D eigenvalue weighted by molar-refractivity contribution is -0.156. The molecule has 0 atom stereocenters. The number of ether oxygens (including phenoxy) is 1. The van der Waals surface area contributed by atoms with Crippen molar-refractivity contribution in [2.24, 2.45) is 11.3 Å². The normalized spacial score (nSPS) is 19.9. The monoisotopic (exact) mass is 255 g/mol. The van der Waals surface area contributed by atoms with Gasteiger partial charge in [0, 0.05) is 0 Å². The fourth-order valence-electron chi connectivity index (χ4n) is 2.51. The molecule has 0 aromatic rings. The number of nitrogens with zero attached hydrogens (tertiary/aromatic N) is 1. The predicted molar refractivity (Wildman–Crippen MR) is 74.5 cm³/mol. The minimum Gasteiger partial charge on any atom is -0.459 e. The molecule has 0 spiro atoms. The fraction of sp³-hybridized carbons (Fsp3) is 0.933. The third kappa shape index (κ3) is 5.38. The minimum absolute atomic E-state index is 0.100. The Morgan fingerprint density at radius 1 is 1.11 bits per heavy atom. The SMILES string of the molecule is CC(C)(C)OC(=O)CN1CCC(C(C)(C)C)CC1. The third-order valence-electron chi connectivity index (χ3n) is 3.59. The highest BCUT2D eigenvalue weighted by Gasteiger charge is 2.29. The van der Waals surface area contributed by atoms with Crippen LogP contribution < -0.4 is 0 Å². The summed E-state index contributed by atoms with van der Waals surface area (Å²) in [5.41, 5.74) is 0.0127. The van der Waals surface area contributed by atoms with E-state index in [1.54, 1.807) is 0 Å². The summed E-state index contributed by atoms with van der Waals surface area (Å²) in [7, 11) is 0. The second-order valence-electron chi connectivity index (χ2n) is 7.50. The molecule has 0 N–H and O–H groups in total. The van der Waals surface area contributed by atoms with Crippen molar-refractivity contribution in [1.29, 1.82) is 0 Å². The maximum atomic E-state index is 11.7. The number of piperidine rings is 1. The number of rotatable bonds is 2. The van der Waals surface area contributed by atoms with Crippen LogP contribution in [0.25, 0.3) is 0 Å². The molecular weight excluding hydrogens is 226 g/mol. The Kier molecular flexibility index (Phi) is 4.82. The Labute approximate surface area is 112 Å². The smallest absolute Gasteiger partial charge is 0.320 e. The van der Waals surface area contributed by atoms with E-state index in [1.165, 1.54) is 12.8 Å². The number of hydrogen-bond donors (Lipinski definition) is 0. The van der Waals surface area contributed by atoms with Crippen LogP contribution >= 0.6 is 0 Å². The predicted octanol–water partition coefficient (Wildman–Crippen LogP) is 3.09. The summed E-state index contributed by atoms with van der Waals surface area (Å²) in [4.78, 5) is 14.0. The van der Waals surface area contributed by atoms with E-state index in [4.69, 9.17) is 4.74 Å². The van der Waals surface area contributed by atoms with Gasteiger partial charge in [-0.15, -0.1) is 0 Å². The molecule has 3 heteroatoms. The zero-order valence-electron chi connectivity index (χ0n) is 12.9.